The van der Waals surface area contributed by atoms with Crippen molar-refractivity contribution >= 4 is 42.2 Å². The predicted octanol–water partition coefficient (Wildman–Crippen LogP) is -0.168. The number of carbonyl (C=O) groups excluding carboxylic acids is 5. The number of unbranched alkanes of at least 4 members (excludes halogenated alkanes) is 2. The number of nitrogens with one attached hydrogen (secondary N) is 4. The van der Waals surface area contributed by atoms with Crippen LogP contribution in [0.15, 0.2) is 36.5 Å². The molecule has 40 heavy (non-hydrogen) atoms. The summed E-state index contributed by atoms with van der Waals surface area (Å²) in [6.45, 7) is 5.51. The van der Waals surface area contributed by atoms with Crippen molar-refractivity contribution < 1.29 is 29.1 Å². The first kappa shape index (κ1) is 34.9. The lowest BCUT2D eigenvalue weighted by molar-refractivity contribution is -0.129. The Kier molecular flexibility index (Phi) is 15.9. The highest BCUT2D eigenvalue weighted by molar-refractivity contribution is 7.80. The number of carbonyl (C=O) groups is 5. The summed E-state index contributed by atoms with van der Waals surface area (Å²) in [5.74, 6) is -1.84. The monoisotopic (exact) mass is 580 g/mol. The third-order valence-electron chi connectivity index (χ3n) is 6.13. The van der Waals surface area contributed by atoms with Crippen molar-refractivity contribution in [2.75, 3.05) is 12.3 Å². The van der Waals surface area contributed by atoms with E-state index in [0.717, 1.165) is 5.57 Å². The summed E-state index contributed by atoms with van der Waals surface area (Å²) in [7, 11) is 0. The van der Waals surface area contributed by atoms with Gasteiger partial charge in [0.05, 0.1) is 6.10 Å². The van der Waals surface area contributed by atoms with Crippen LogP contribution in [0.2, 0.25) is 0 Å². The van der Waals surface area contributed by atoms with Crippen molar-refractivity contribution in [2.45, 2.75) is 88.6 Å². The molecule has 224 valence electrons. The molecule has 0 saturated carbocycles. The maximum atomic E-state index is 12.9. The molecule has 4 atom stereocenters. The lowest BCUT2D eigenvalue weighted by atomic mass is 9.98. The van der Waals surface area contributed by atoms with E-state index in [1.807, 2.05) is 6.08 Å². The largest absolute Gasteiger partial charge is 0.389 e. The molecule has 1 aliphatic carbocycles. The molecule has 0 spiro atoms. The molecule has 0 fully saturated rings. The van der Waals surface area contributed by atoms with E-state index in [0.29, 0.717) is 32.2 Å². The number of hydrogen-bond donors (Lipinski definition) is 8. The molecule has 0 saturated heterocycles. The van der Waals surface area contributed by atoms with Crippen LogP contribution in [0.3, 0.4) is 0 Å². The second-order valence-electron chi connectivity index (χ2n) is 9.96. The Hall–Kier alpha value is -3.16. The molecule has 0 aliphatic heterocycles. The lowest BCUT2D eigenvalue weighted by Crippen LogP contribution is -2.51. The topological polar surface area (TPSA) is 206 Å². The molecule has 0 radical (unpaired) electrons. The van der Waals surface area contributed by atoms with Crippen molar-refractivity contribution in [3.63, 3.8) is 0 Å². The second-order valence-corrected chi connectivity index (χ2v) is 10.3. The van der Waals surface area contributed by atoms with Gasteiger partial charge in [0.25, 0.3) is 0 Å². The van der Waals surface area contributed by atoms with Gasteiger partial charge in [-0.15, -0.1) is 0 Å². The van der Waals surface area contributed by atoms with Crippen LogP contribution >= 0.6 is 12.6 Å². The van der Waals surface area contributed by atoms with Gasteiger partial charge < -0.3 is 37.8 Å². The Morgan fingerprint density at radius 1 is 1.07 bits per heavy atom. The quantitative estimate of drug-likeness (QED) is 0.0448. The number of rotatable bonds is 19. The highest BCUT2D eigenvalue weighted by Gasteiger charge is 2.23. The van der Waals surface area contributed by atoms with Crippen molar-refractivity contribution in [3.8, 4) is 0 Å². The van der Waals surface area contributed by atoms with Gasteiger partial charge in [-0.25, -0.2) is 0 Å². The van der Waals surface area contributed by atoms with Crippen LogP contribution in [0.1, 0.15) is 64.7 Å². The van der Waals surface area contributed by atoms with E-state index < -0.39 is 29.8 Å². The summed E-state index contributed by atoms with van der Waals surface area (Å²) in [5.41, 5.74) is 10.8. The number of aliphatic hydroxyl groups excluding tert-OH is 1. The van der Waals surface area contributed by atoms with E-state index in [1.165, 1.54) is 6.08 Å². The van der Waals surface area contributed by atoms with Gasteiger partial charge in [0.2, 0.25) is 29.5 Å². The van der Waals surface area contributed by atoms with E-state index >= 15 is 0 Å². The summed E-state index contributed by atoms with van der Waals surface area (Å²) >= 11 is 3.99. The molecule has 5 amide bonds. The lowest BCUT2D eigenvalue weighted by Gasteiger charge is -2.22. The van der Waals surface area contributed by atoms with Gasteiger partial charge >= 0.3 is 0 Å². The number of nitrogens with two attached hydrogens (primary N) is 2. The van der Waals surface area contributed by atoms with Crippen molar-refractivity contribution in [1.82, 2.24) is 21.3 Å². The molecule has 0 aromatic carbocycles. The number of aliphatic hydroxyl groups is 1. The molecule has 0 aromatic rings. The fourth-order valence-corrected chi connectivity index (χ4v) is 4.01. The van der Waals surface area contributed by atoms with Gasteiger partial charge in [0.1, 0.15) is 17.7 Å². The number of amides is 5. The van der Waals surface area contributed by atoms with Crippen molar-refractivity contribution in [1.29, 1.82) is 0 Å². The van der Waals surface area contributed by atoms with Crippen LogP contribution in [0, 0.1) is 0 Å². The third kappa shape index (κ3) is 14.8. The molecule has 1 aliphatic rings. The Labute approximate surface area is 241 Å². The summed E-state index contributed by atoms with van der Waals surface area (Å²) in [5, 5.41) is 20.4. The standard InChI is InChI=1S/C27H44N6O6S/c1-3-27(2,29)33-24(37)10-7-9-23(36)31-20(16-18-11-13-19(34)14-12-18)26(39)30-15-6-4-5-8-22(35)32-21(17-40)25(28)38/h3,11-13,19-21,34,40H,1,4-10,14-17,29H2,2H3,(H2,28,38)(H,30,39)(H,31,36)(H,32,35)(H,33,37). The van der Waals surface area contributed by atoms with Gasteiger partial charge in [-0.3, -0.25) is 24.0 Å². The molecule has 1 rings (SSSR count). The first-order chi connectivity index (χ1) is 18.9. The van der Waals surface area contributed by atoms with Gasteiger partial charge in [-0.2, -0.15) is 12.6 Å². The summed E-state index contributed by atoms with van der Waals surface area (Å²) < 4.78 is 0. The zero-order chi connectivity index (χ0) is 30.1. The normalized spacial score (nSPS) is 17.4. The highest BCUT2D eigenvalue weighted by Crippen LogP contribution is 2.16. The Morgan fingerprint density at radius 3 is 2.27 bits per heavy atom. The smallest absolute Gasteiger partial charge is 0.242 e. The molecule has 0 aromatic heterocycles. The maximum Gasteiger partial charge on any atom is 0.242 e. The molecule has 13 heteroatoms. The zero-order valence-electron chi connectivity index (χ0n) is 23.1. The van der Waals surface area contributed by atoms with E-state index in [9.17, 15) is 29.1 Å². The fraction of sp³-hybridized carbons (Fsp3) is 0.593. The summed E-state index contributed by atoms with van der Waals surface area (Å²) in [6, 6.07) is -1.64. The summed E-state index contributed by atoms with van der Waals surface area (Å²) in [4.78, 5) is 60.6. The molecular weight excluding hydrogens is 536 g/mol. The predicted molar refractivity (Wildman–Crippen MR) is 156 cm³/mol. The number of primary amides is 1. The minimum atomic E-state index is -1.04. The highest BCUT2D eigenvalue weighted by atomic mass is 32.1. The van der Waals surface area contributed by atoms with E-state index in [4.69, 9.17) is 11.5 Å². The Balaban J connectivity index is 2.52. The zero-order valence-corrected chi connectivity index (χ0v) is 24.0. The van der Waals surface area contributed by atoms with E-state index in [2.05, 4.69) is 40.5 Å². The van der Waals surface area contributed by atoms with Crippen LogP contribution in [-0.2, 0) is 24.0 Å². The first-order valence-electron chi connectivity index (χ1n) is 13.4. The number of hydrogen-bond acceptors (Lipinski definition) is 8. The molecule has 0 bridgehead atoms. The Bertz CT molecular complexity index is 967. The van der Waals surface area contributed by atoms with Crippen LogP contribution < -0.4 is 32.7 Å². The van der Waals surface area contributed by atoms with Gasteiger partial charge in [-0.1, -0.05) is 37.3 Å². The SMILES string of the molecule is C=CC(C)(N)NC(=O)CCCC(=O)NC(CC1=CCC(O)C=C1)C(=O)NCCCCCC(=O)NC(CS)C(N)=O. The fourth-order valence-electron chi connectivity index (χ4n) is 3.74. The maximum absolute atomic E-state index is 12.9. The third-order valence-corrected chi connectivity index (χ3v) is 6.49. The van der Waals surface area contributed by atoms with Crippen molar-refractivity contribution in [3.05, 3.63) is 36.5 Å². The summed E-state index contributed by atoms with van der Waals surface area (Å²) in [6.07, 6.45) is 9.17. The minimum absolute atomic E-state index is 0.0477. The first-order valence-corrected chi connectivity index (χ1v) is 14.1. The van der Waals surface area contributed by atoms with Gasteiger partial charge in [-0.05, 0) is 38.2 Å². The average molecular weight is 581 g/mol. The van der Waals surface area contributed by atoms with Gasteiger partial charge in [0.15, 0.2) is 0 Å². The second kappa shape index (κ2) is 18.2. The Morgan fingerprint density at radius 2 is 1.70 bits per heavy atom. The molecule has 9 N–H and O–H groups in total. The van der Waals surface area contributed by atoms with E-state index in [-0.39, 0.29) is 61.5 Å². The number of thiol groups is 1. The van der Waals surface area contributed by atoms with E-state index in [1.54, 1.807) is 19.1 Å². The molecule has 4 unspecified atom stereocenters. The average Bonchev–Trinajstić information content (AvgIpc) is 2.89. The van der Waals surface area contributed by atoms with Crippen LogP contribution in [0.25, 0.3) is 0 Å². The van der Waals surface area contributed by atoms with Crippen LogP contribution in [0.4, 0.5) is 0 Å². The molecular formula is C27H44N6O6S. The van der Waals surface area contributed by atoms with Crippen LogP contribution in [-0.4, -0.2) is 70.8 Å². The van der Waals surface area contributed by atoms with Crippen LogP contribution in [0.5, 0.6) is 0 Å². The minimum Gasteiger partial charge on any atom is -0.389 e. The molecule has 0 heterocycles. The van der Waals surface area contributed by atoms with Crippen molar-refractivity contribution in [2.24, 2.45) is 11.5 Å². The number of allylic oxidation sites excluding steroid dienone is 1. The molecule has 12 nitrogen and oxygen atoms in total. The van der Waals surface area contributed by atoms with Gasteiger partial charge in [0, 0.05) is 38.0 Å².